The molecular weight excluding hydrogens is 266 g/mol. The number of hydrogen-bond acceptors (Lipinski definition) is 4. The number of anilines is 1. The van der Waals surface area contributed by atoms with E-state index in [4.69, 9.17) is 0 Å². The highest BCUT2D eigenvalue weighted by Gasteiger charge is 2.15. The van der Waals surface area contributed by atoms with Crippen LogP contribution in [0.25, 0.3) is 0 Å². The molecule has 1 unspecified atom stereocenters. The van der Waals surface area contributed by atoms with Gasteiger partial charge in [0.15, 0.2) is 9.84 Å². The average molecular weight is 285 g/mol. The fraction of sp³-hybridized carbons (Fsp3) is 0.538. The Kier molecular flexibility index (Phi) is 4.56. The second-order valence-corrected chi connectivity index (χ2v) is 7.97. The van der Waals surface area contributed by atoms with E-state index in [9.17, 15) is 8.42 Å². The summed E-state index contributed by atoms with van der Waals surface area (Å²) in [5, 5.41) is 3.38. The third kappa shape index (κ3) is 3.42. The third-order valence-electron chi connectivity index (χ3n) is 3.21. The Morgan fingerprint density at radius 3 is 2.61 bits per heavy atom. The molecule has 0 spiro atoms. The predicted octanol–water partition coefficient (Wildman–Crippen LogP) is 2.65. The van der Waals surface area contributed by atoms with Gasteiger partial charge in [0, 0.05) is 12.2 Å². The van der Waals surface area contributed by atoms with Crippen LogP contribution < -0.4 is 5.32 Å². The van der Waals surface area contributed by atoms with E-state index < -0.39 is 9.84 Å². The van der Waals surface area contributed by atoms with Gasteiger partial charge in [-0.2, -0.15) is 11.8 Å². The summed E-state index contributed by atoms with van der Waals surface area (Å²) in [6, 6.07) is 7.07. The monoisotopic (exact) mass is 285 g/mol. The fourth-order valence-corrected chi connectivity index (χ4v) is 4.12. The number of hydrogen-bond donors (Lipinski definition) is 1. The van der Waals surface area contributed by atoms with E-state index in [2.05, 4.69) is 5.32 Å². The van der Waals surface area contributed by atoms with Crippen molar-refractivity contribution in [1.82, 2.24) is 0 Å². The van der Waals surface area contributed by atoms with Crippen LogP contribution >= 0.6 is 11.8 Å². The Hall–Kier alpha value is -0.680. The average Bonchev–Trinajstić information content (AvgIpc) is 2.90. The SMILES string of the molecule is CCS(=O)(=O)c1ccc(NCC2CCSC2)cc1. The van der Waals surface area contributed by atoms with Crippen molar-refractivity contribution in [3.8, 4) is 0 Å². The first kappa shape index (κ1) is 13.7. The number of nitrogens with one attached hydrogen (secondary N) is 1. The van der Waals surface area contributed by atoms with Gasteiger partial charge in [0.2, 0.25) is 0 Å². The third-order valence-corrected chi connectivity index (χ3v) is 6.19. The summed E-state index contributed by atoms with van der Waals surface area (Å²) in [6.07, 6.45) is 1.28. The maximum absolute atomic E-state index is 11.7. The maximum atomic E-state index is 11.7. The maximum Gasteiger partial charge on any atom is 0.178 e. The van der Waals surface area contributed by atoms with Gasteiger partial charge < -0.3 is 5.32 Å². The second kappa shape index (κ2) is 5.97. The van der Waals surface area contributed by atoms with Crippen molar-refractivity contribution < 1.29 is 8.42 Å². The lowest BCUT2D eigenvalue weighted by Gasteiger charge is -2.11. The van der Waals surface area contributed by atoms with E-state index in [1.165, 1.54) is 17.9 Å². The summed E-state index contributed by atoms with van der Waals surface area (Å²) >= 11 is 2.01. The van der Waals surface area contributed by atoms with Gasteiger partial charge in [-0.1, -0.05) is 6.92 Å². The summed E-state index contributed by atoms with van der Waals surface area (Å²) in [4.78, 5) is 0.409. The standard InChI is InChI=1S/C13H19NO2S2/c1-2-18(15,16)13-5-3-12(4-6-13)14-9-11-7-8-17-10-11/h3-6,11,14H,2,7-10H2,1H3. The molecule has 1 aromatic rings. The zero-order chi connectivity index (χ0) is 13.0. The highest BCUT2D eigenvalue weighted by atomic mass is 32.2. The van der Waals surface area contributed by atoms with Gasteiger partial charge in [0.1, 0.15) is 0 Å². The summed E-state index contributed by atoms with van der Waals surface area (Å²) in [5.74, 6) is 3.39. The Bertz CT molecular complexity index is 476. The lowest BCUT2D eigenvalue weighted by Crippen LogP contribution is -2.13. The molecule has 0 aromatic heterocycles. The van der Waals surface area contributed by atoms with Crippen molar-refractivity contribution in [3.63, 3.8) is 0 Å². The lowest BCUT2D eigenvalue weighted by atomic mass is 10.1. The molecule has 0 saturated carbocycles. The Balaban J connectivity index is 1.95. The molecule has 2 rings (SSSR count). The van der Waals surface area contributed by atoms with Crippen molar-refractivity contribution in [1.29, 1.82) is 0 Å². The van der Waals surface area contributed by atoms with Crippen LogP contribution in [0.4, 0.5) is 5.69 Å². The molecule has 18 heavy (non-hydrogen) atoms. The molecule has 1 aromatic carbocycles. The first-order valence-electron chi connectivity index (χ1n) is 6.26. The second-order valence-electron chi connectivity index (χ2n) is 4.54. The van der Waals surface area contributed by atoms with Crippen molar-refractivity contribution in [2.24, 2.45) is 5.92 Å². The summed E-state index contributed by atoms with van der Waals surface area (Å²) < 4.78 is 23.3. The largest absolute Gasteiger partial charge is 0.385 e. The number of thioether (sulfide) groups is 1. The zero-order valence-corrected chi connectivity index (χ0v) is 12.2. The van der Waals surface area contributed by atoms with Crippen molar-refractivity contribution in [3.05, 3.63) is 24.3 Å². The van der Waals surface area contributed by atoms with Gasteiger partial charge in [0.25, 0.3) is 0 Å². The molecule has 100 valence electrons. The van der Waals surface area contributed by atoms with Crippen molar-refractivity contribution in [2.45, 2.75) is 18.2 Å². The van der Waals surface area contributed by atoms with Gasteiger partial charge in [-0.15, -0.1) is 0 Å². The van der Waals surface area contributed by atoms with Crippen LogP contribution in [0.2, 0.25) is 0 Å². The van der Waals surface area contributed by atoms with Crippen LogP contribution in [0.1, 0.15) is 13.3 Å². The Morgan fingerprint density at radius 1 is 1.33 bits per heavy atom. The van der Waals surface area contributed by atoms with Crippen LogP contribution in [0.3, 0.4) is 0 Å². The van der Waals surface area contributed by atoms with Gasteiger partial charge in [0.05, 0.1) is 10.6 Å². The number of benzene rings is 1. The van der Waals surface area contributed by atoms with Crippen molar-refractivity contribution in [2.75, 3.05) is 29.1 Å². The molecule has 0 radical (unpaired) electrons. The highest BCUT2D eigenvalue weighted by Crippen LogP contribution is 2.24. The van der Waals surface area contributed by atoms with Crippen LogP contribution in [0, 0.1) is 5.92 Å². The summed E-state index contributed by atoms with van der Waals surface area (Å²) in [7, 11) is -3.08. The molecule has 0 bridgehead atoms. The molecule has 5 heteroatoms. The van der Waals surface area contributed by atoms with Crippen LogP contribution in [-0.2, 0) is 9.84 Å². The van der Waals surface area contributed by atoms with Gasteiger partial charge in [-0.05, 0) is 48.1 Å². The lowest BCUT2D eigenvalue weighted by molar-refractivity contribution is 0.597. The molecule has 1 aliphatic heterocycles. The minimum atomic E-state index is -3.08. The van der Waals surface area contributed by atoms with E-state index in [1.807, 2.05) is 23.9 Å². The summed E-state index contributed by atoms with van der Waals surface area (Å²) in [6.45, 7) is 2.64. The molecule has 1 aliphatic rings. The van der Waals surface area contributed by atoms with E-state index in [0.29, 0.717) is 4.90 Å². The minimum absolute atomic E-state index is 0.152. The topological polar surface area (TPSA) is 46.2 Å². The van der Waals surface area contributed by atoms with Gasteiger partial charge >= 0.3 is 0 Å². The molecule has 1 heterocycles. The predicted molar refractivity (Wildman–Crippen MR) is 78.1 cm³/mol. The highest BCUT2D eigenvalue weighted by molar-refractivity contribution is 7.99. The molecule has 1 N–H and O–H groups in total. The number of sulfone groups is 1. The van der Waals surface area contributed by atoms with E-state index in [-0.39, 0.29) is 5.75 Å². The quantitative estimate of drug-likeness (QED) is 0.903. The molecule has 0 amide bonds. The fourth-order valence-electron chi connectivity index (χ4n) is 1.95. The van der Waals surface area contributed by atoms with Crippen LogP contribution in [-0.4, -0.2) is 32.2 Å². The first-order chi connectivity index (χ1) is 8.62. The minimum Gasteiger partial charge on any atom is -0.385 e. The van der Waals surface area contributed by atoms with Crippen LogP contribution in [0.5, 0.6) is 0 Å². The molecule has 0 aliphatic carbocycles. The Morgan fingerprint density at radius 2 is 2.06 bits per heavy atom. The Labute approximate surface area is 113 Å². The summed E-state index contributed by atoms with van der Waals surface area (Å²) in [5.41, 5.74) is 1.00. The van der Waals surface area contributed by atoms with Crippen molar-refractivity contribution >= 4 is 27.3 Å². The first-order valence-corrected chi connectivity index (χ1v) is 9.07. The van der Waals surface area contributed by atoms with Crippen LogP contribution in [0.15, 0.2) is 29.2 Å². The molecule has 1 fully saturated rings. The molecular formula is C13H19NO2S2. The van der Waals surface area contributed by atoms with Gasteiger partial charge in [-0.25, -0.2) is 8.42 Å². The normalized spacial score (nSPS) is 19.9. The molecule has 1 atom stereocenters. The zero-order valence-electron chi connectivity index (χ0n) is 10.6. The smallest absolute Gasteiger partial charge is 0.178 e. The van der Waals surface area contributed by atoms with Gasteiger partial charge in [-0.3, -0.25) is 0 Å². The molecule has 3 nitrogen and oxygen atoms in total. The molecule has 1 saturated heterocycles. The van der Waals surface area contributed by atoms with E-state index in [1.54, 1.807) is 19.1 Å². The van der Waals surface area contributed by atoms with E-state index in [0.717, 1.165) is 18.2 Å². The number of rotatable bonds is 5. The van der Waals surface area contributed by atoms with E-state index >= 15 is 0 Å².